The lowest BCUT2D eigenvalue weighted by Crippen LogP contribution is -2.66. The third kappa shape index (κ3) is 7.51. The fraction of sp³-hybridized carbons (Fsp3) is 0.559. The van der Waals surface area contributed by atoms with Crippen LogP contribution in [0.3, 0.4) is 0 Å². The lowest BCUT2D eigenvalue weighted by Gasteiger charge is -2.45. The molecule has 2 aliphatic heterocycles. The number of piperazine rings is 1. The first-order chi connectivity index (χ1) is 20.4. The molecular weight excluding hydrogens is 530 g/mol. The van der Waals surface area contributed by atoms with Crippen LogP contribution < -0.4 is 10.1 Å². The maximum absolute atomic E-state index is 13.7. The Morgan fingerprint density at radius 2 is 1.57 bits per heavy atom. The number of nitrogens with zero attached hydrogens (tertiary/aromatic N) is 2. The number of amides is 2. The van der Waals surface area contributed by atoms with E-state index in [-0.39, 0.29) is 35.4 Å². The van der Waals surface area contributed by atoms with Crippen LogP contribution >= 0.6 is 0 Å². The van der Waals surface area contributed by atoms with Crippen molar-refractivity contribution in [2.45, 2.75) is 89.8 Å². The summed E-state index contributed by atoms with van der Waals surface area (Å²) in [6, 6.07) is 13.6. The van der Waals surface area contributed by atoms with Gasteiger partial charge in [-0.15, -0.1) is 0 Å². The lowest BCUT2D eigenvalue weighted by atomic mass is 9.82. The van der Waals surface area contributed by atoms with E-state index in [4.69, 9.17) is 9.84 Å². The van der Waals surface area contributed by atoms with Crippen molar-refractivity contribution in [3.05, 3.63) is 59.7 Å². The van der Waals surface area contributed by atoms with Gasteiger partial charge in [-0.3, -0.25) is 14.5 Å². The van der Waals surface area contributed by atoms with Gasteiger partial charge in [0.15, 0.2) is 0 Å². The number of rotatable bonds is 11. The van der Waals surface area contributed by atoms with Crippen molar-refractivity contribution in [1.29, 1.82) is 0 Å². The van der Waals surface area contributed by atoms with Gasteiger partial charge >= 0.3 is 5.97 Å². The van der Waals surface area contributed by atoms with Gasteiger partial charge in [0.1, 0.15) is 23.6 Å². The highest BCUT2D eigenvalue weighted by atomic mass is 16.5. The zero-order chi connectivity index (χ0) is 29.5. The van der Waals surface area contributed by atoms with E-state index in [2.05, 4.69) is 29.3 Å². The van der Waals surface area contributed by atoms with Crippen molar-refractivity contribution < 1.29 is 24.2 Å². The molecule has 2 aromatic rings. The number of aromatic carboxylic acids is 1. The van der Waals surface area contributed by atoms with Gasteiger partial charge in [0.25, 0.3) is 0 Å². The van der Waals surface area contributed by atoms with Gasteiger partial charge in [-0.05, 0) is 92.6 Å². The van der Waals surface area contributed by atoms with Crippen LogP contribution in [0.5, 0.6) is 11.5 Å². The van der Waals surface area contributed by atoms with Crippen molar-refractivity contribution in [2.24, 2.45) is 11.8 Å². The molecule has 2 amide bonds. The molecule has 8 heteroatoms. The zero-order valence-corrected chi connectivity index (χ0v) is 24.8. The Bertz CT molecular complexity index is 1200. The van der Waals surface area contributed by atoms with E-state index >= 15 is 0 Å². The van der Waals surface area contributed by atoms with Gasteiger partial charge in [-0.1, -0.05) is 57.6 Å². The molecule has 2 aromatic carbocycles. The Labute approximate surface area is 249 Å². The normalized spacial score (nSPS) is 22.6. The van der Waals surface area contributed by atoms with Crippen molar-refractivity contribution in [3.8, 4) is 11.5 Å². The van der Waals surface area contributed by atoms with Crippen molar-refractivity contribution >= 4 is 17.8 Å². The highest BCUT2D eigenvalue weighted by Gasteiger charge is 2.45. The van der Waals surface area contributed by atoms with Gasteiger partial charge in [0, 0.05) is 13.1 Å². The number of carbonyl (C=O) groups is 3. The molecule has 0 aromatic heterocycles. The summed E-state index contributed by atoms with van der Waals surface area (Å²) in [6.07, 6.45) is 10.6. The first kappa shape index (κ1) is 30.1. The standard InChI is InChI=1S/C34H45N3O5/c1-2-3-19-37-31(32(38)35-30(33(37)39)22-24-7-5-4-6-8-24)26-17-20-36(21-18-26)23-25-9-13-28(14-10-25)42-29-15-11-27(12-16-29)34(40)41/h9-16,24,26,30-31H,2-8,17-23H2,1H3,(H,35,38)(H,40,41)/t30-,31-/m0/s1. The van der Waals surface area contributed by atoms with Gasteiger partial charge in [0.2, 0.25) is 11.8 Å². The van der Waals surface area contributed by atoms with E-state index in [0.29, 0.717) is 24.0 Å². The zero-order valence-electron chi connectivity index (χ0n) is 24.8. The van der Waals surface area contributed by atoms with E-state index in [9.17, 15) is 14.4 Å². The van der Waals surface area contributed by atoms with Crippen LogP contribution in [0.1, 0.15) is 87.1 Å². The number of benzene rings is 2. The number of carboxylic acid groups (broad SMARTS) is 1. The highest BCUT2D eigenvalue weighted by Crippen LogP contribution is 2.32. The fourth-order valence-corrected chi connectivity index (χ4v) is 6.91. The minimum atomic E-state index is -0.960. The van der Waals surface area contributed by atoms with Crippen LogP contribution in [0.4, 0.5) is 0 Å². The van der Waals surface area contributed by atoms with E-state index in [1.54, 1.807) is 12.1 Å². The molecule has 3 fully saturated rings. The Morgan fingerprint density at radius 3 is 2.19 bits per heavy atom. The van der Waals surface area contributed by atoms with Crippen LogP contribution in [0.15, 0.2) is 48.5 Å². The molecule has 1 aliphatic carbocycles. The molecule has 3 aliphatic rings. The average Bonchev–Trinajstić information content (AvgIpc) is 3.00. The second kappa shape index (κ2) is 14.2. The molecule has 8 nitrogen and oxygen atoms in total. The summed E-state index contributed by atoms with van der Waals surface area (Å²) in [4.78, 5) is 42.6. The summed E-state index contributed by atoms with van der Waals surface area (Å²) in [5.74, 6) is 1.25. The molecule has 2 atom stereocenters. The number of piperidine rings is 1. The summed E-state index contributed by atoms with van der Waals surface area (Å²) >= 11 is 0. The number of likely N-dealkylation sites (tertiary alicyclic amines) is 1. The minimum Gasteiger partial charge on any atom is -0.478 e. The monoisotopic (exact) mass is 575 g/mol. The molecule has 5 rings (SSSR count). The largest absolute Gasteiger partial charge is 0.478 e. The lowest BCUT2D eigenvalue weighted by molar-refractivity contribution is -0.153. The first-order valence-electron chi connectivity index (χ1n) is 15.8. The quantitative estimate of drug-likeness (QED) is 0.349. The predicted molar refractivity (Wildman–Crippen MR) is 161 cm³/mol. The molecule has 0 bridgehead atoms. The summed E-state index contributed by atoms with van der Waals surface area (Å²) in [7, 11) is 0. The summed E-state index contributed by atoms with van der Waals surface area (Å²) in [6.45, 7) is 5.42. The average molecular weight is 576 g/mol. The maximum Gasteiger partial charge on any atom is 0.335 e. The predicted octanol–water partition coefficient (Wildman–Crippen LogP) is 5.86. The van der Waals surface area contributed by atoms with Gasteiger partial charge in [-0.25, -0.2) is 4.79 Å². The molecule has 42 heavy (non-hydrogen) atoms. The fourth-order valence-electron chi connectivity index (χ4n) is 6.91. The van der Waals surface area contributed by atoms with Gasteiger partial charge in [0.05, 0.1) is 5.56 Å². The second-order valence-electron chi connectivity index (χ2n) is 12.3. The third-order valence-corrected chi connectivity index (χ3v) is 9.29. The molecule has 0 spiro atoms. The Morgan fingerprint density at radius 1 is 0.929 bits per heavy atom. The molecule has 1 saturated carbocycles. The van der Waals surface area contributed by atoms with Crippen LogP contribution in [0.25, 0.3) is 0 Å². The van der Waals surface area contributed by atoms with Crippen molar-refractivity contribution in [2.75, 3.05) is 19.6 Å². The number of hydrogen-bond donors (Lipinski definition) is 2. The van der Waals surface area contributed by atoms with E-state index in [0.717, 1.165) is 51.7 Å². The number of carbonyl (C=O) groups excluding carboxylic acids is 2. The van der Waals surface area contributed by atoms with Gasteiger partial charge < -0.3 is 20.1 Å². The Balaban J connectivity index is 1.14. The molecular formula is C34H45N3O5. The molecule has 226 valence electrons. The molecule has 0 unspecified atom stereocenters. The van der Waals surface area contributed by atoms with Crippen molar-refractivity contribution in [1.82, 2.24) is 15.1 Å². The van der Waals surface area contributed by atoms with Crippen molar-refractivity contribution in [3.63, 3.8) is 0 Å². The van der Waals surface area contributed by atoms with E-state index in [1.165, 1.54) is 49.8 Å². The summed E-state index contributed by atoms with van der Waals surface area (Å²) in [5.41, 5.74) is 1.41. The van der Waals surface area contributed by atoms with E-state index < -0.39 is 5.97 Å². The van der Waals surface area contributed by atoms with Crippen LogP contribution in [-0.2, 0) is 16.1 Å². The SMILES string of the molecule is CCCCN1C(=O)[C@H](CC2CCCCC2)NC(=O)[C@@H]1C1CCN(Cc2ccc(Oc3ccc(C(=O)O)cc3)cc2)CC1. The van der Waals surface area contributed by atoms with Crippen LogP contribution in [0, 0.1) is 11.8 Å². The Hall–Kier alpha value is -3.39. The number of hydrogen-bond acceptors (Lipinski definition) is 5. The first-order valence-corrected chi connectivity index (χ1v) is 15.8. The number of carboxylic acids is 1. The topological polar surface area (TPSA) is 99.2 Å². The number of nitrogens with one attached hydrogen (secondary N) is 1. The van der Waals surface area contributed by atoms with Crippen LogP contribution in [-0.4, -0.2) is 64.4 Å². The highest BCUT2D eigenvalue weighted by molar-refractivity contribution is 5.97. The summed E-state index contributed by atoms with van der Waals surface area (Å²) in [5, 5.41) is 12.2. The minimum absolute atomic E-state index is 0.0538. The Kier molecular flexibility index (Phi) is 10.2. The second-order valence-corrected chi connectivity index (χ2v) is 12.3. The van der Waals surface area contributed by atoms with Gasteiger partial charge in [-0.2, -0.15) is 0 Å². The third-order valence-electron chi connectivity index (χ3n) is 9.29. The smallest absolute Gasteiger partial charge is 0.335 e. The molecule has 2 heterocycles. The number of ether oxygens (including phenoxy) is 1. The molecule has 0 radical (unpaired) electrons. The molecule has 2 saturated heterocycles. The van der Waals surface area contributed by atoms with Crippen LogP contribution in [0.2, 0.25) is 0 Å². The van der Waals surface area contributed by atoms with E-state index in [1.807, 2.05) is 17.0 Å². The summed E-state index contributed by atoms with van der Waals surface area (Å²) < 4.78 is 5.87. The molecule has 2 N–H and O–H groups in total. The number of unbranched alkanes of at least 4 members (excludes halogenated alkanes) is 1. The maximum atomic E-state index is 13.7.